The molecule has 1 rings (SSSR count). The fraction of sp³-hybridized carbons (Fsp3) is 0.462. The zero-order valence-electron chi connectivity index (χ0n) is 10.5. The fourth-order valence-electron chi connectivity index (χ4n) is 1.74. The van der Waals surface area contributed by atoms with Crippen molar-refractivity contribution in [1.82, 2.24) is 5.32 Å². The Balaban J connectivity index is 3.03. The van der Waals surface area contributed by atoms with Gasteiger partial charge in [-0.05, 0) is 47.4 Å². The minimum absolute atomic E-state index is 0.358. The van der Waals surface area contributed by atoms with E-state index in [0.29, 0.717) is 17.9 Å². The van der Waals surface area contributed by atoms with Crippen LogP contribution in [0.15, 0.2) is 24.3 Å². The number of amides is 1. The number of hydrogen-bond donors (Lipinski definition) is 3. The van der Waals surface area contributed by atoms with Crippen molar-refractivity contribution in [3.05, 3.63) is 33.4 Å². The zero-order chi connectivity index (χ0) is 13.8. The number of halogens is 1. The standard InChI is InChI=1S/C13H18INO3/c1-9(2)7-8-13(18,15-12(16)17)10-5-3-4-6-11(10)14/h3-6,9,15,18H,7-8H2,1-2H3,(H,16,17). The minimum Gasteiger partial charge on any atom is -0.465 e. The maximum Gasteiger partial charge on any atom is 0.407 e. The number of carboxylic acid groups (broad SMARTS) is 1. The van der Waals surface area contributed by atoms with Gasteiger partial charge in [-0.2, -0.15) is 0 Å². The van der Waals surface area contributed by atoms with Crippen molar-refractivity contribution < 1.29 is 15.0 Å². The summed E-state index contributed by atoms with van der Waals surface area (Å²) in [7, 11) is 0. The molecule has 0 aliphatic rings. The van der Waals surface area contributed by atoms with Crippen LogP contribution in [0, 0.1) is 9.49 Å². The molecule has 0 bridgehead atoms. The molecule has 0 saturated carbocycles. The van der Waals surface area contributed by atoms with Crippen molar-refractivity contribution in [3.63, 3.8) is 0 Å². The first kappa shape index (κ1) is 15.2. The summed E-state index contributed by atoms with van der Waals surface area (Å²) in [6.45, 7) is 4.08. The molecule has 100 valence electrons. The molecule has 1 unspecified atom stereocenters. The predicted molar refractivity (Wildman–Crippen MR) is 78.3 cm³/mol. The highest BCUT2D eigenvalue weighted by Crippen LogP contribution is 2.29. The van der Waals surface area contributed by atoms with Crippen molar-refractivity contribution in [2.75, 3.05) is 0 Å². The van der Waals surface area contributed by atoms with E-state index in [-0.39, 0.29) is 0 Å². The SMILES string of the molecule is CC(C)CCC(O)(NC(=O)O)c1ccccc1I. The normalized spacial score (nSPS) is 14.3. The molecule has 0 aromatic heterocycles. The van der Waals surface area contributed by atoms with Gasteiger partial charge in [-0.25, -0.2) is 4.79 Å². The minimum atomic E-state index is -1.52. The molecule has 1 atom stereocenters. The molecule has 0 fully saturated rings. The molecule has 0 aliphatic carbocycles. The molecule has 1 aromatic carbocycles. The summed E-state index contributed by atoms with van der Waals surface area (Å²) >= 11 is 2.10. The van der Waals surface area contributed by atoms with Gasteiger partial charge in [0.2, 0.25) is 0 Å². The van der Waals surface area contributed by atoms with Crippen LogP contribution in [0.4, 0.5) is 4.79 Å². The lowest BCUT2D eigenvalue weighted by Crippen LogP contribution is -2.46. The summed E-state index contributed by atoms with van der Waals surface area (Å²) in [6.07, 6.45) is -0.125. The quantitative estimate of drug-likeness (QED) is 0.556. The number of rotatable bonds is 5. The lowest BCUT2D eigenvalue weighted by atomic mass is 9.94. The van der Waals surface area contributed by atoms with Gasteiger partial charge in [0.05, 0.1) is 0 Å². The number of aliphatic hydroxyl groups is 1. The Bertz CT molecular complexity index is 422. The van der Waals surface area contributed by atoms with Gasteiger partial charge < -0.3 is 10.2 Å². The van der Waals surface area contributed by atoms with E-state index >= 15 is 0 Å². The highest BCUT2D eigenvalue weighted by Gasteiger charge is 2.32. The summed E-state index contributed by atoms with van der Waals surface area (Å²) in [5.41, 5.74) is -0.915. The average molecular weight is 363 g/mol. The van der Waals surface area contributed by atoms with E-state index < -0.39 is 11.8 Å². The van der Waals surface area contributed by atoms with Gasteiger partial charge >= 0.3 is 6.09 Å². The van der Waals surface area contributed by atoms with Crippen molar-refractivity contribution in [2.24, 2.45) is 5.92 Å². The van der Waals surface area contributed by atoms with Crippen molar-refractivity contribution in [1.29, 1.82) is 0 Å². The Kier molecular flexibility index (Phi) is 5.40. The Morgan fingerprint density at radius 1 is 1.44 bits per heavy atom. The summed E-state index contributed by atoms with van der Waals surface area (Å²) in [5, 5.41) is 21.7. The summed E-state index contributed by atoms with van der Waals surface area (Å²) < 4.78 is 0.843. The molecule has 0 saturated heterocycles. The van der Waals surface area contributed by atoms with E-state index in [4.69, 9.17) is 5.11 Å². The second-order valence-corrected chi connectivity index (χ2v) is 5.86. The van der Waals surface area contributed by atoms with Crippen molar-refractivity contribution >= 4 is 28.7 Å². The van der Waals surface area contributed by atoms with Crippen LogP contribution < -0.4 is 5.32 Å². The number of carbonyl (C=O) groups is 1. The van der Waals surface area contributed by atoms with E-state index in [1.807, 2.05) is 26.0 Å². The van der Waals surface area contributed by atoms with Crippen LogP contribution in [0.1, 0.15) is 32.3 Å². The molecule has 0 spiro atoms. The third-order valence-electron chi connectivity index (χ3n) is 2.72. The van der Waals surface area contributed by atoms with Gasteiger partial charge in [-0.3, -0.25) is 5.32 Å². The number of benzene rings is 1. The van der Waals surface area contributed by atoms with Crippen LogP contribution in [0.5, 0.6) is 0 Å². The monoisotopic (exact) mass is 363 g/mol. The van der Waals surface area contributed by atoms with E-state index in [1.54, 1.807) is 12.1 Å². The number of hydrogen-bond acceptors (Lipinski definition) is 2. The smallest absolute Gasteiger partial charge is 0.407 e. The molecular weight excluding hydrogens is 345 g/mol. The highest BCUT2D eigenvalue weighted by atomic mass is 127. The molecule has 0 radical (unpaired) electrons. The van der Waals surface area contributed by atoms with Crippen molar-refractivity contribution in [3.8, 4) is 0 Å². The van der Waals surface area contributed by atoms with Crippen LogP contribution >= 0.6 is 22.6 Å². The summed E-state index contributed by atoms with van der Waals surface area (Å²) in [5.74, 6) is 0.397. The molecule has 18 heavy (non-hydrogen) atoms. The maximum atomic E-state index is 10.9. The first-order chi connectivity index (χ1) is 8.35. The molecule has 5 heteroatoms. The molecule has 1 aromatic rings. The maximum absolute atomic E-state index is 10.9. The largest absolute Gasteiger partial charge is 0.465 e. The van der Waals surface area contributed by atoms with Crippen LogP contribution in [-0.4, -0.2) is 16.3 Å². The van der Waals surface area contributed by atoms with Gasteiger partial charge in [0, 0.05) is 9.13 Å². The van der Waals surface area contributed by atoms with Gasteiger partial charge in [0.15, 0.2) is 5.72 Å². The molecule has 1 amide bonds. The summed E-state index contributed by atoms with van der Waals surface area (Å²) in [4.78, 5) is 10.9. The predicted octanol–water partition coefficient (Wildman–Crippen LogP) is 3.14. The second kappa shape index (κ2) is 6.38. The molecule has 0 heterocycles. The van der Waals surface area contributed by atoms with Gasteiger partial charge in [0.25, 0.3) is 0 Å². The van der Waals surface area contributed by atoms with Gasteiger partial charge in [0.1, 0.15) is 0 Å². The topological polar surface area (TPSA) is 69.6 Å². The highest BCUT2D eigenvalue weighted by molar-refractivity contribution is 14.1. The van der Waals surface area contributed by atoms with E-state index in [2.05, 4.69) is 27.9 Å². The first-order valence-corrected chi connectivity index (χ1v) is 6.91. The Morgan fingerprint density at radius 2 is 2.06 bits per heavy atom. The second-order valence-electron chi connectivity index (χ2n) is 4.70. The third kappa shape index (κ3) is 4.13. The van der Waals surface area contributed by atoms with Crippen LogP contribution in [0.25, 0.3) is 0 Å². The van der Waals surface area contributed by atoms with E-state index in [1.165, 1.54) is 0 Å². The fourth-order valence-corrected chi connectivity index (χ4v) is 2.57. The van der Waals surface area contributed by atoms with Crippen LogP contribution in [0.2, 0.25) is 0 Å². The molecular formula is C13H18INO3. The van der Waals surface area contributed by atoms with Gasteiger partial charge in [-0.1, -0.05) is 32.0 Å². The zero-order valence-corrected chi connectivity index (χ0v) is 12.6. The molecule has 0 aliphatic heterocycles. The lowest BCUT2D eigenvalue weighted by molar-refractivity contribution is -0.00837. The number of nitrogens with one attached hydrogen (secondary N) is 1. The van der Waals surface area contributed by atoms with Crippen LogP contribution in [0.3, 0.4) is 0 Å². The molecule has 4 nitrogen and oxygen atoms in total. The van der Waals surface area contributed by atoms with Crippen molar-refractivity contribution in [2.45, 2.75) is 32.4 Å². The van der Waals surface area contributed by atoms with E-state index in [0.717, 1.165) is 9.99 Å². The first-order valence-electron chi connectivity index (χ1n) is 5.83. The third-order valence-corrected chi connectivity index (χ3v) is 3.66. The summed E-state index contributed by atoms with van der Waals surface area (Å²) in [6, 6.07) is 7.24. The molecule has 3 N–H and O–H groups in total. The average Bonchev–Trinajstić information content (AvgIpc) is 2.26. The Morgan fingerprint density at radius 3 is 2.56 bits per heavy atom. The van der Waals surface area contributed by atoms with Crippen LogP contribution in [-0.2, 0) is 5.72 Å². The van der Waals surface area contributed by atoms with E-state index in [9.17, 15) is 9.90 Å². The van der Waals surface area contributed by atoms with Gasteiger partial charge in [-0.15, -0.1) is 0 Å². The lowest BCUT2D eigenvalue weighted by Gasteiger charge is -2.30. The Hall–Kier alpha value is -0.820. The Labute approximate surface area is 121 Å².